The first kappa shape index (κ1) is 23.9. The summed E-state index contributed by atoms with van der Waals surface area (Å²) in [5.41, 5.74) is 0. The van der Waals surface area contributed by atoms with Crippen molar-refractivity contribution in [2.45, 2.75) is 68.7 Å². The van der Waals surface area contributed by atoms with Gasteiger partial charge in [0.05, 0.1) is 6.61 Å². The number of ether oxygens (including phenoxy) is 5. The molecule has 13 nitrogen and oxygen atoms in total. The lowest BCUT2D eigenvalue weighted by atomic mass is 9.98. The van der Waals surface area contributed by atoms with Gasteiger partial charge in [-0.25, -0.2) is 0 Å². The maximum atomic E-state index is 11.3. The smallest absolute Gasteiger partial charge is 0.303 e. The lowest BCUT2D eigenvalue weighted by Gasteiger charge is -2.44. The molecule has 2 aliphatic heterocycles. The molecule has 29 heavy (non-hydrogen) atoms. The number of carbonyl (C=O) groups excluding carboxylic acids is 2. The van der Waals surface area contributed by atoms with Gasteiger partial charge in [0.15, 0.2) is 12.4 Å². The fourth-order valence-electron chi connectivity index (χ4n) is 3.14. The van der Waals surface area contributed by atoms with Crippen LogP contribution in [0.3, 0.4) is 0 Å². The van der Waals surface area contributed by atoms with Crippen molar-refractivity contribution >= 4 is 11.9 Å². The van der Waals surface area contributed by atoms with Crippen LogP contribution < -0.4 is 0 Å². The summed E-state index contributed by atoms with van der Waals surface area (Å²) in [6, 6.07) is 0. The fourth-order valence-corrected chi connectivity index (χ4v) is 3.14. The van der Waals surface area contributed by atoms with Gasteiger partial charge >= 0.3 is 11.9 Å². The van der Waals surface area contributed by atoms with Crippen LogP contribution in [0.4, 0.5) is 0 Å². The van der Waals surface area contributed by atoms with Gasteiger partial charge in [-0.2, -0.15) is 0 Å². The molecule has 0 bridgehead atoms. The summed E-state index contributed by atoms with van der Waals surface area (Å²) in [4.78, 5) is 22.4. The molecule has 2 fully saturated rings. The van der Waals surface area contributed by atoms with Gasteiger partial charge in [0.2, 0.25) is 5.79 Å². The zero-order valence-corrected chi connectivity index (χ0v) is 15.8. The number of esters is 2. The van der Waals surface area contributed by atoms with Crippen LogP contribution in [-0.2, 0) is 33.3 Å². The third-order valence-electron chi connectivity index (χ3n) is 4.62. The van der Waals surface area contributed by atoms with E-state index in [1.54, 1.807) is 0 Å². The minimum Gasteiger partial charge on any atom is -0.463 e. The van der Waals surface area contributed by atoms with Crippen LogP contribution >= 0.6 is 0 Å². The van der Waals surface area contributed by atoms with E-state index >= 15 is 0 Å². The Morgan fingerprint density at radius 2 is 1.62 bits per heavy atom. The lowest BCUT2D eigenvalue weighted by molar-refractivity contribution is -0.383. The molecule has 6 N–H and O–H groups in total. The molecule has 0 aromatic carbocycles. The van der Waals surface area contributed by atoms with Crippen molar-refractivity contribution in [3.8, 4) is 0 Å². The molecule has 0 aromatic heterocycles. The largest absolute Gasteiger partial charge is 0.463 e. The Morgan fingerprint density at radius 3 is 2.10 bits per heavy atom. The molecule has 2 aliphatic rings. The Hall–Kier alpha value is -1.42. The van der Waals surface area contributed by atoms with E-state index in [1.807, 2.05) is 0 Å². The number of hydrogen-bond donors (Lipinski definition) is 6. The quantitative estimate of drug-likeness (QED) is 0.214. The second-order valence-electron chi connectivity index (χ2n) is 6.76. The van der Waals surface area contributed by atoms with E-state index in [0.29, 0.717) is 0 Å². The van der Waals surface area contributed by atoms with Crippen LogP contribution in [0.2, 0.25) is 0 Å². The highest BCUT2D eigenvalue weighted by Gasteiger charge is 2.58. The fraction of sp³-hybridized carbons (Fsp3) is 0.875. The van der Waals surface area contributed by atoms with Gasteiger partial charge in [0.1, 0.15) is 49.8 Å². The van der Waals surface area contributed by atoms with Crippen LogP contribution in [0.25, 0.3) is 0 Å². The van der Waals surface area contributed by atoms with Crippen LogP contribution in [0.1, 0.15) is 13.8 Å². The number of aliphatic hydroxyl groups is 6. The van der Waals surface area contributed by atoms with E-state index in [1.165, 1.54) is 0 Å². The Morgan fingerprint density at radius 1 is 0.966 bits per heavy atom. The average molecular weight is 426 g/mol. The van der Waals surface area contributed by atoms with Crippen molar-refractivity contribution in [3.05, 3.63) is 0 Å². The Balaban J connectivity index is 2.23. The molecule has 0 amide bonds. The van der Waals surface area contributed by atoms with E-state index in [0.717, 1.165) is 13.8 Å². The van der Waals surface area contributed by atoms with Crippen molar-refractivity contribution < 1.29 is 63.9 Å². The second kappa shape index (κ2) is 9.59. The Labute approximate surface area is 165 Å². The maximum absolute atomic E-state index is 11.3. The highest BCUT2D eigenvalue weighted by molar-refractivity contribution is 5.66. The van der Waals surface area contributed by atoms with Gasteiger partial charge in [0.25, 0.3) is 0 Å². The molecule has 13 heteroatoms. The summed E-state index contributed by atoms with van der Waals surface area (Å²) >= 11 is 0. The second-order valence-corrected chi connectivity index (χ2v) is 6.76. The molecular formula is C16H26O13. The molecule has 168 valence electrons. The van der Waals surface area contributed by atoms with Crippen LogP contribution in [0, 0.1) is 0 Å². The van der Waals surface area contributed by atoms with Gasteiger partial charge in [-0.15, -0.1) is 0 Å². The number of hydrogen-bond acceptors (Lipinski definition) is 13. The van der Waals surface area contributed by atoms with Crippen molar-refractivity contribution in [1.82, 2.24) is 0 Å². The van der Waals surface area contributed by atoms with Gasteiger partial charge in [-0.3, -0.25) is 9.59 Å². The molecule has 0 radical (unpaired) electrons. The van der Waals surface area contributed by atoms with E-state index < -0.39 is 86.6 Å². The first-order valence-electron chi connectivity index (χ1n) is 8.82. The highest BCUT2D eigenvalue weighted by atomic mass is 16.8. The van der Waals surface area contributed by atoms with Gasteiger partial charge < -0.3 is 54.3 Å². The highest BCUT2D eigenvalue weighted by Crippen LogP contribution is 2.36. The van der Waals surface area contributed by atoms with E-state index in [4.69, 9.17) is 23.7 Å². The zero-order valence-electron chi connectivity index (χ0n) is 15.8. The predicted octanol–water partition coefficient (Wildman–Crippen LogP) is -4.25. The van der Waals surface area contributed by atoms with Gasteiger partial charge in [0, 0.05) is 13.8 Å². The standard InChI is InChI=1S/C16H26O13/c1-6(19)25-4-9-13(26-7(2)20)11(22)12(23)15(27-9)29-16(5-18)14(24)10(21)8(3-17)28-16/h8-15,17-18,21-24H,3-5H2,1-2H3/t8-,9-,10-,11-,12-,13-,14+,15?,16?/m1/s1. The molecule has 9 atom stereocenters. The first-order chi connectivity index (χ1) is 13.6. The van der Waals surface area contributed by atoms with Crippen LogP contribution in [-0.4, -0.2) is 117 Å². The van der Waals surface area contributed by atoms with Crippen molar-refractivity contribution in [2.75, 3.05) is 19.8 Å². The molecule has 2 rings (SSSR count). The third kappa shape index (κ3) is 5.02. The lowest BCUT2D eigenvalue weighted by Crippen LogP contribution is -2.63. The average Bonchev–Trinajstić information content (AvgIpc) is 2.91. The Kier molecular flexibility index (Phi) is 7.89. The zero-order chi connectivity index (χ0) is 21.9. The summed E-state index contributed by atoms with van der Waals surface area (Å²) in [7, 11) is 0. The number of rotatable bonds is 7. The molecule has 0 saturated carbocycles. The number of carbonyl (C=O) groups is 2. The third-order valence-corrected chi connectivity index (χ3v) is 4.62. The number of aliphatic hydroxyl groups excluding tert-OH is 6. The molecule has 0 aliphatic carbocycles. The van der Waals surface area contributed by atoms with Crippen LogP contribution in [0.5, 0.6) is 0 Å². The van der Waals surface area contributed by atoms with E-state index in [9.17, 15) is 40.2 Å². The molecule has 0 spiro atoms. The summed E-state index contributed by atoms with van der Waals surface area (Å²) < 4.78 is 25.8. The van der Waals surface area contributed by atoms with E-state index in [-0.39, 0.29) is 0 Å². The minimum atomic E-state index is -2.29. The van der Waals surface area contributed by atoms with Crippen LogP contribution in [0.15, 0.2) is 0 Å². The van der Waals surface area contributed by atoms with Gasteiger partial charge in [-0.05, 0) is 0 Å². The summed E-state index contributed by atoms with van der Waals surface area (Å²) in [6.45, 7) is -0.0162. The topological polar surface area (TPSA) is 202 Å². The monoisotopic (exact) mass is 426 g/mol. The molecular weight excluding hydrogens is 400 g/mol. The van der Waals surface area contributed by atoms with Crippen molar-refractivity contribution in [2.24, 2.45) is 0 Å². The van der Waals surface area contributed by atoms with E-state index in [2.05, 4.69) is 0 Å². The summed E-state index contributed by atoms with van der Waals surface area (Å²) in [5.74, 6) is -3.78. The van der Waals surface area contributed by atoms with Crippen molar-refractivity contribution in [1.29, 1.82) is 0 Å². The van der Waals surface area contributed by atoms with Crippen molar-refractivity contribution in [3.63, 3.8) is 0 Å². The Bertz CT molecular complexity index is 585. The molecule has 2 unspecified atom stereocenters. The first-order valence-corrected chi connectivity index (χ1v) is 8.82. The summed E-state index contributed by atoms with van der Waals surface area (Å²) in [5, 5.41) is 59.7. The molecule has 2 heterocycles. The maximum Gasteiger partial charge on any atom is 0.303 e. The van der Waals surface area contributed by atoms with Gasteiger partial charge in [-0.1, -0.05) is 0 Å². The predicted molar refractivity (Wildman–Crippen MR) is 87.7 cm³/mol. The SMILES string of the molecule is CC(=O)OC[C@H]1OC(OC2(CO)O[C@H](CO)[C@@H](O)[C@@H]2O)[C@H](O)[C@@H](O)[C@@H]1OC(C)=O. The molecule has 0 aromatic rings. The minimum absolute atomic E-state index is 0.478. The normalized spacial score (nSPS) is 42.5. The molecule has 2 saturated heterocycles. The summed E-state index contributed by atoms with van der Waals surface area (Å²) in [6.07, 6.45) is -12.8.